The largest absolute Gasteiger partial charge is 0.315 e. The van der Waals surface area contributed by atoms with Crippen LogP contribution in [0.25, 0.3) is 0 Å². The zero-order valence-corrected chi connectivity index (χ0v) is 14.6. The molecule has 4 heteroatoms. The molecule has 0 saturated heterocycles. The highest BCUT2D eigenvalue weighted by atomic mass is 32.2. The van der Waals surface area contributed by atoms with Crippen molar-refractivity contribution in [2.75, 3.05) is 6.54 Å². The Kier molecular flexibility index (Phi) is 7.52. The highest BCUT2D eigenvalue weighted by Crippen LogP contribution is 2.18. The minimum Gasteiger partial charge on any atom is -0.315 e. The Hall–Kier alpha value is -0.610. The van der Waals surface area contributed by atoms with Gasteiger partial charge in [0.1, 0.15) is 5.82 Å². The lowest BCUT2D eigenvalue weighted by atomic mass is 10.1. The van der Waals surface area contributed by atoms with E-state index in [1.54, 1.807) is 0 Å². The summed E-state index contributed by atoms with van der Waals surface area (Å²) in [6.07, 6.45) is 2.21. The summed E-state index contributed by atoms with van der Waals surface area (Å²) >= 11 is 1.90. The minimum atomic E-state index is 0.559. The van der Waals surface area contributed by atoms with Gasteiger partial charge in [0.2, 0.25) is 0 Å². The molecule has 1 aromatic heterocycles. The lowest BCUT2D eigenvalue weighted by Crippen LogP contribution is -2.24. The van der Waals surface area contributed by atoms with E-state index in [1.807, 2.05) is 11.8 Å². The molecule has 0 aromatic carbocycles. The third kappa shape index (κ3) is 6.23. The average molecular weight is 295 g/mol. The molecule has 0 bridgehead atoms. The summed E-state index contributed by atoms with van der Waals surface area (Å²) in [5.74, 6) is 1.89. The number of aromatic nitrogens is 2. The van der Waals surface area contributed by atoms with E-state index in [9.17, 15) is 0 Å². The summed E-state index contributed by atoms with van der Waals surface area (Å²) in [6.45, 7) is 14.1. The predicted molar refractivity (Wildman–Crippen MR) is 89.4 cm³/mol. The van der Waals surface area contributed by atoms with Gasteiger partial charge in [0.25, 0.3) is 0 Å². The van der Waals surface area contributed by atoms with Crippen LogP contribution >= 0.6 is 11.8 Å². The van der Waals surface area contributed by atoms with Gasteiger partial charge < -0.3 is 5.32 Å². The third-order valence-electron chi connectivity index (χ3n) is 3.17. The van der Waals surface area contributed by atoms with E-state index >= 15 is 0 Å². The lowest BCUT2D eigenvalue weighted by Gasteiger charge is -2.12. The van der Waals surface area contributed by atoms with Crippen LogP contribution in [-0.4, -0.2) is 27.8 Å². The van der Waals surface area contributed by atoms with Gasteiger partial charge in [0.15, 0.2) is 0 Å². The summed E-state index contributed by atoms with van der Waals surface area (Å²) < 4.78 is 0. The van der Waals surface area contributed by atoms with E-state index < -0.39 is 0 Å². The number of nitrogens with zero attached hydrogens (tertiary/aromatic N) is 2. The maximum absolute atomic E-state index is 4.67. The number of hydrogen-bond donors (Lipinski definition) is 1. The fourth-order valence-electron chi connectivity index (χ4n) is 2.13. The number of nitrogens with one attached hydrogen (secondary N) is 1. The number of aryl methyl sites for hydroxylation is 2. The first-order valence-electron chi connectivity index (χ1n) is 7.58. The zero-order valence-electron chi connectivity index (χ0n) is 13.8. The van der Waals surface area contributed by atoms with Crippen LogP contribution in [0.3, 0.4) is 0 Å². The maximum Gasteiger partial charge on any atom is 0.138 e. The maximum atomic E-state index is 4.67. The number of hydrogen-bond acceptors (Lipinski definition) is 4. The molecular weight excluding hydrogens is 266 g/mol. The Morgan fingerprint density at radius 1 is 1.05 bits per heavy atom. The van der Waals surface area contributed by atoms with Gasteiger partial charge in [-0.3, -0.25) is 0 Å². The minimum absolute atomic E-state index is 0.559. The van der Waals surface area contributed by atoms with Crippen LogP contribution in [0.1, 0.15) is 56.9 Å². The van der Waals surface area contributed by atoms with Crippen molar-refractivity contribution in [2.24, 2.45) is 0 Å². The van der Waals surface area contributed by atoms with Gasteiger partial charge in [-0.15, -0.1) is 0 Å². The van der Waals surface area contributed by atoms with E-state index in [0.717, 1.165) is 42.4 Å². The number of rotatable bonds is 8. The number of thioether (sulfide) groups is 1. The monoisotopic (exact) mass is 295 g/mol. The Bertz CT molecular complexity index is 393. The van der Waals surface area contributed by atoms with Crippen LogP contribution in [0.4, 0.5) is 0 Å². The van der Waals surface area contributed by atoms with Crippen molar-refractivity contribution < 1.29 is 0 Å². The fraction of sp³-hybridized carbons (Fsp3) is 0.750. The summed E-state index contributed by atoms with van der Waals surface area (Å²) in [4.78, 5) is 9.33. The first kappa shape index (κ1) is 17.4. The Balaban J connectivity index is 2.59. The molecule has 1 heterocycles. The molecule has 1 N–H and O–H groups in total. The predicted octanol–water partition coefficient (Wildman–Crippen LogP) is 3.67. The Labute approximate surface area is 128 Å². The van der Waals surface area contributed by atoms with E-state index in [0.29, 0.717) is 11.3 Å². The molecule has 1 aromatic rings. The van der Waals surface area contributed by atoms with Crippen molar-refractivity contribution in [3.05, 3.63) is 22.8 Å². The van der Waals surface area contributed by atoms with Crippen LogP contribution < -0.4 is 5.32 Å². The molecule has 20 heavy (non-hydrogen) atoms. The van der Waals surface area contributed by atoms with Gasteiger partial charge in [0, 0.05) is 17.4 Å². The topological polar surface area (TPSA) is 37.8 Å². The van der Waals surface area contributed by atoms with Gasteiger partial charge in [-0.2, -0.15) is 11.8 Å². The molecule has 0 unspecified atom stereocenters. The van der Waals surface area contributed by atoms with Crippen molar-refractivity contribution in [3.63, 3.8) is 0 Å². The van der Waals surface area contributed by atoms with E-state index in [1.165, 1.54) is 5.56 Å². The Morgan fingerprint density at radius 3 is 2.15 bits per heavy atom. The molecule has 0 aliphatic carbocycles. The summed E-state index contributed by atoms with van der Waals surface area (Å²) in [7, 11) is 0. The second kappa shape index (κ2) is 8.63. The van der Waals surface area contributed by atoms with Crippen LogP contribution in [-0.2, 0) is 12.2 Å². The summed E-state index contributed by atoms with van der Waals surface area (Å²) in [6, 6.07) is 0.559. The van der Waals surface area contributed by atoms with Crippen molar-refractivity contribution in [3.8, 4) is 0 Å². The molecule has 0 fully saturated rings. The second-order valence-corrected chi connectivity index (χ2v) is 7.43. The standard InChI is InChI=1S/C16H29N3S/c1-11(2)17-9-7-8-15-13(5)18-16(19-14(15)6)10-20-12(3)4/h11-12,17H,7-10H2,1-6H3. The van der Waals surface area contributed by atoms with Crippen LogP contribution in [0, 0.1) is 13.8 Å². The van der Waals surface area contributed by atoms with E-state index in [2.05, 4.69) is 56.8 Å². The molecule has 0 saturated carbocycles. The van der Waals surface area contributed by atoms with Gasteiger partial charge in [-0.1, -0.05) is 27.7 Å². The lowest BCUT2D eigenvalue weighted by molar-refractivity contribution is 0.569. The van der Waals surface area contributed by atoms with Crippen molar-refractivity contribution in [1.29, 1.82) is 0 Å². The highest BCUT2D eigenvalue weighted by Gasteiger charge is 2.09. The molecule has 3 nitrogen and oxygen atoms in total. The van der Waals surface area contributed by atoms with Crippen molar-refractivity contribution in [2.45, 2.75) is 71.4 Å². The van der Waals surface area contributed by atoms with Gasteiger partial charge in [0.05, 0.1) is 5.75 Å². The third-order valence-corrected chi connectivity index (χ3v) is 4.26. The first-order chi connectivity index (χ1) is 9.40. The molecule has 114 valence electrons. The van der Waals surface area contributed by atoms with Crippen molar-refractivity contribution >= 4 is 11.8 Å². The SMILES string of the molecule is Cc1nc(CSC(C)C)nc(C)c1CCCNC(C)C. The molecule has 0 aliphatic rings. The first-order valence-corrected chi connectivity index (χ1v) is 8.63. The molecule has 0 amide bonds. The van der Waals surface area contributed by atoms with E-state index in [-0.39, 0.29) is 0 Å². The fourth-order valence-corrected chi connectivity index (χ4v) is 2.74. The van der Waals surface area contributed by atoms with Gasteiger partial charge in [-0.25, -0.2) is 9.97 Å². The molecule has 0 spiro atoms. The van der Waals surface area contributed by atoms with Crippen LogP contribution in [0.2, 0.25) is 0 Å². The second-order valence-electron chi connectivity index (χ2n) is 5.86. The molecule has 1 rings (SSSR count). The highest BCUT2D eigenvalue weighted by molar-refractivity contribution is 7.99. The summed E-state index contributed by atoms with van der Waals surface area (Å²) in [5, 5.41) is 4.08. The zero-order chi connectivity index (χ0) is 15.1. The smallest absolute Gasteiger partial charge is 0.138 e. The average Bonchev–Trinajstić information content (AvgIpc) is 2.34. The van der Waals surface area contributed by atoms with Crippen LogP contribution in [0.5, 0.6) is 0 Å². The molecule has 0 atom stereocenters. The summed E-state index contributed by atoms with van der Waals surface area (Å²) in [5.41, 5.74) is 3.64. The Morgan fingerprint density at radius 2 is 1.65 bits per heavy atom. The normalized spacial score (nSPS) is 11.6. The molecule has 0 radical (unpaired) electrons. The molecular formula is C16H29N3S. The van der Waals surface area contributed by atoms with Gasteiger partial charge in [-0.05, 0) is 44.0 Å². The molecule has 0 aliphatic heterocycles. The van der Waals surface area contributed by atoms with Crippen molar-refractivity contribution in [1.82, 2.24) is 15.3 Å². The van der Waals surface area contributed by atoms with Gasteiger partial charge >= 0.3 is 0 Å². The van der Waals surface area contributed by atoms with Crippen LogP contribution in [0.15, 0.2) is 0 Å². The quantitative estimate of drug-likeness (QED) is 0.743. The van der Waals surface area contributed by atoms with E-state index in [4.69, 9.17) is 0 Å².